The lowest BCUT2D eigenvalue weighted by atomic mass is 10.2. The van der Waals surface area contributed by atoms with Gasteiger partial charge in [0.25, 0.3) is 0 Å². The zero-order chi connectivity index (χ0) is 14.8. The molecule has 0 atom stereocenters. The molecule has 0 amide bonds. The van der Waals surface area contributed by atoms with E-state index >= 15 is 0 Å². The van der Waals surface area contributed by atoms with E-state index in [-0.39, 0.29) is 0 Å². The van der Waals surface area contributed by atoms with E-state index in [1.54, 1.807) is 7.11 Å². The van der Waals surface area contributed by atoms with Crippen molar-refractivity contribution < 1.29 is 4.74 Å². The van der Waals surface area contributed by atoms with Crippen LogP contribution >= 0.6 is 11.6 Å². The number of nitrogens with zero attached hydrogens (tertiary/aromatic N) is 3. The number of pyridine rings is 1. The third kappa shape index (κ3) is 2.47. The first-order chi connectivity index (χ1) is 10.2. The van der Waals surface area contributed by atoms with Crippen molar-refractivity contribution in [3.63, 3.8) is 0 Å². The van der Waals surface area contributed by atoms with Crippen molar-refractivity contribution in [3.05, 3.63) is 47.9 Å². The number of aryl methyl sites for hydroxylation is 2. The molecular formula is C16H16ClN3O. The van der Waals surface area contributed by atoms with E-state index in [0.29, 0.717) is 12.3 Å². The highest BCUT2D eigenvalue weighted by Crippen LogP contribution is 2.28. The molecule has 0 spiro atoms. The lowest BCUT2D eigenvalue weighted by Crippen LogP contribution is -2.04. The fraction of sp³-hybridized carbons (Fsp3) is 0.250. The standard InChI is InChI=1S/C16H16ClN3O/c1-11-9-12-16(18-10-11)20(15(19-12)7-8-17)13-5-3-4-6-14(13)21-2/h3-6,9-10H,7-8H2,1-2H3. The van der Waals surface area contributed by atoms with Crippen LogP contribution in [0.4, 0.5) is 0 Å². The van der Waals surface area contributed by atoms with Gasteiger partial charge in [0.1, 0.15) is 17.1 Å². The Balaban J connectivity index is 2.31. The minimum atomic E-state index is 0.511. The van der Waals surface area contributed by atoms with E-state index in [2.05, 4.69) is 9.97 Å². The van der Waals surface area contributed by atoms with Crippen LogP contribution in [0.2, 0.25) is 0 Å². The molecular weight excluding hydrogens is 286 g/mol. The summed E-state index contributed by atoms with van der Waals surface area (Å²) in [5.74, 6) is 2.19. The predicted octanol–water partition coefficient (Wildman–Crippen LogP) is 3.52. The number of halogens is 1. The molecule has 0 N–H and O–H groups in total. The maximum Gasteiger partial charge on any atom is 0.164 e. The first kappa shape index (κ1) is 13.9. The highest BCUT2D eigenvalue weighted by molar-refractivity contribution is 6.17. The van der Waals surface area contributed by atoms with Crippen molar-refractivity contribution in [1.29, 1.82) is 0 Å². The fourth-order valence-corrected chi connectivity index (χ4v) is 2.60. The molecule has 0 aliphatic carbocycles. The minimum Gasteiger partial charge on any atom is -0.495 e. The second-order valence-corrected chi connectivity index (χ2v) is 5.21. The van der Waals surface area contributed by atoms with Crippen molar-refractivity contribution in [2.45, 2.75) is 13.3 Å². The number of hydrogen-bond acceptors (Lipinski definition) is 3. The number of ether oxygens (including phenoxy) is 1. The van der Waals surface area contributed by atoms with Crippen molar-refractivity contribution >= 4 is 22.8 Å². The zero-order valence-corrected chi connectivity index (χ0v) is 12.8. The van der Waals surface area contributed by atoms with Gasteiger partial charge in [-0.05, 0) is 30.7 Å². The van der Waals surface area contributed by atoms with Crippen molar-refractivity contribution in [3.8, 4) is 11.4 Å². The van der Waals surface area contributed by atoms with E-state index in [4.69, 9.17) is 16.3 Å². The molecule has 108 valence electrons. The number of rotatable bonds is 4. The molecule has 0 fully saturated rings. The molecule has 21 heavy (non-hydrogen) atoms. The molecule has 4 nitrogen and oxygen atoms in total. The van der Waals surface area contributed by atoms with Crippen LogP contribution in [0.1, 0.15) is 11.4 Å². The number of hydrogen-bond donors (Lipinski definition) is 0. The second kappa shape index (κ2) is 5.74. The lowest BCUT2D eigenvalue weighted by Gasteiger charge is -2.12. The van der Waals surface area contributed by atoms with Crippen LogP contribution in [0.15, 0.2) is 36.5 Å². The smallest absolute Gasteiger partial charge is 0.164 e. The average molecular weight is 302 g/mol. The van der Waals surface area contributed by atoms with Gasteiger partial charge in [-0.1, -0.05) is 12.1 Å². The summed E-state index contributed by atoms with van der Waals surface area (Å²) < 4.78 is 7.49. The van der Waals surface area contributed by atoms with Crippen LogP contribution in [0.25, 0.3) is 16.9 Å². The maximum absolute atomic E-state index is 5.92. The summed E-state index contributed by atoms with van der Waals surface area (Å²) in [7, 11) is 1.66. The molecule has 3 aromatic rings. The molecule has 1 aromatic carbocycles. The highest BCUT2D eigenvalue weighted by Gasteiger charge is 2.16. The van der Waals surface area contributed by atoms with Crippen LogP contribution in [-0.4, -0.2) is 27.5 Å². The first-order valence-corrected chi connectivity index (χ1v) is 7.31. The largest absolute Gasteiger partial charge is 0.495 e. The van der Waals surface area contributed by atoms with Crippen molar-refractivity contribution in [2.75, 3.05) is 13.0 Å². The Morgan fingerprint density at radius 3 is 2.86 bits per heavy atom. The third-order valence-corrected chi connectivity index (χ3v) is 3.54. The molecule has 0 radical (unpaired) electrons. The van der Waals surface area contributed by atoms with E-state index in [9.17, 15) is 0 Å². The van der Waals surface area contributed by atoms with Crippen molar-refractivity contribution in [1.82, 2.24) is 14.5 Å². The molecule has 0 bridgehead atoms. The van der Waals surface area contributed by atoms with Gasteiger partial charge in [-0.25, -0.2) is 9.97 Å². The number of imidazole rings is 1. The molecule has 2 heterocycles. The van der Waals surface area contributed by atoms with E-state index in [1.165, 1.54) is 0 Å². The number of methoxy groups -OCH3 is 1. The fourth-order valence-electron chi connectivity index (χ4n) is 2.43. The van der Waals surface area contributed by atoms with Crippen LogP contribution < -0.4 is 4.74 Å². The van der Waals surface area contributed by atoms with Gasteiger partial charge in [-0.2, -0.15) is 0 Å². The van der Waals surface area contributed by atoms with Gasteiger partial charge in [0.05, 0.1) is 12.8 Å². The van der Waals surface area contributed by atoms with Crippen LogP contribution in [-0.2, 0) is 6.42 Å². The number of alkyl halides is 1. The van der Waals surface area contributed by atoms with Crippen LogP contribution in [0, 0.1) is 6.92 Å². The predicted molar refractivity (Wildman–Crippen MR) is 84.6 cm³/mol. The number of benzene rings is 1. The summed E-state index contributed by atoms with van der Waals surface area (Å²) in [6.07, 6.45) is 2.52. The summed E-state index contributed by atoms with van der Waals surface area (Å²) >= 11 is 5.92. The maximum atomic E-state index is 5.92. The summed E-state index contributed by atoms with van der Waals surface area (Å²) in [6, 6.07) is 9.88. The Morgan fingerprint density at radius 2 is 2.10 bits per heavy atom. The molecule has 0 saturated heterocycles. The average Bonchev–Trinajstić information content (AvgIpc) is 2.84. The van der Waals surface area contributed by atoms with E-state index in [1.807, 2.05) is 48.0 Å². The summed E-state index contributed by atoms with van der Waals surface area (Å²) in [4.78, 5) is 9.21. The third-order valence-electron chi connectivity index (χ3n) is 3.35. The van der Waals surface area contributed by atoms with E-state index in [0.717, 1.165) is 34.0 Å². The van der Waals surface area contributed by atoms with Gasteiger partial charge in [0.2, 0.25) is 0 Å². The Labute approximate surface area is 128 Å². The summed E-state index contributed by atoms with van der Waals surface area (Å²) in [6.45, 7) is 2.01. The Kier molecular flexibility index (Phi) is 3.80. The molecule has 0 unspecified atom stereocenters. The Bertz CT molecular complexity index is 782. The minimum absolute atomic E-state index is 0.511. The molecule has 2 aromatic heterocycles. The highest BCUT2D eigenvalue weighted by atomic mass is 35.5. The number of para-hydroxylation sites is 2. The Morgan fingerprint density at radius 1 is 1.29 bits per heavy atom. The van der Waals surface area contributed by atoms with Crippen LogP contribution in [0.3, 0.4) is 0 Å². The quantitative estimate of drug-likeness (QED) is 0.692. The van der Waals surface area contributed by atoms with Crippen LogP contribution in [0.5, 0.6) is 5.75 Å². The monoisotopic (exact) mass is 301 g/mol. The number of fused-ring (bicyclic) bond motifs is 1. The van der Waals surface area contributed by atoms with Gasteiger partial charge < -0.3 is 4.74 Å². The zero-order valence-electron chi connectivity index (χ0n) is 12.0. The summed E-state index contributed by atoms with van der Waals surface area (Å²) in [5.41, 5.74) is 3.72. The summed E-state index contributed by atoms with van der Waals surface area (Å²) in [5, 5.41) is 0. The first-order valence-electron chi connectivity index (χ1n) is 6.78. The van der Waals surface area contributed by atoms with Gasteiger partial charge >= 0.3 is 0 Å². The van der Waals surface area contributed by atoms with Gasteiger partial charge in [0.15, 0.2) is 5.65 Å². The van der Waals surface area contributed by atoms with Crippen molar-refractivity contribution in [2.24, 2.45) is 0 Å². The molecule has 5 heteroatoms. The molecule has 3 rings (SSSR count). The van der Waals surface area contributed by atoms with E-state index < -0.39 is 0 Å². The molecule has 0 saturated carbocycles. The van der Waals surface area contributed by atoms with Gasteiger partial charge in [-0.15, -0.1) is 11.6 Å². The molecule has 0 aliphatic rings. The topological polar surface area (TPSA) is 39.9 Å². The lowest BCUT2D eigenvalue weighted by molar-refractivity contribution is 0.413. The van der Waals surface area contributed by atoms with Gasteiger partial charge in [-0.3, -0.25) is 4.57 Å². The normalized spacial score (nSPS) is 11.0. The number of aromatic nitrogens is 3. The molecule has 0 aliphatic heterocycles. The Hall–Kier alpha value is -2.07. The van der Waals surface area contributed by atoms with Gasteiger partial charge in [0, 0.05) is 18.5 Å². The second-order valence-electron chi connectivity index (χ2n) is 4.83. The SMILES string of the molecule is COc1ccccc1-n1c(CCCl)nc2cc(C)cnc21.